The topological polar surface area (TPSA) is 75.7 Å². The number of ether oxygens (including phenoxy) is 1. The highest BCUT2D eigenvalue weighted by atomic mass is 32.2. The van der Waals surface area contributed by atoms with Gasteiger partial charge in [0.05, 0.1) is 25.1 Å². The number of sulfonamides is 1. The van der Waals surface area contributed by atoms with Gasteiger partial charge in [0.2, 0.25) is 10.0 Å². The number of nitrogens with one attached hydrogen (secondary N) is 1. The van der Waals surface area contributed by atoms with E-state index in [-0.39, 0.29) is 18.5 Å². The third-order valence-electron chi connectivity index (χ3n) is 4.52. The predicted octanol–water partition coefficient (Wildman–Crippen LogP) is 3.03. The van der Waals surface area contributed by atoms with Gasteiger partial charge in [0.15, 0.2) is 0 Å². The molecule has 0 unspecified atom stereocenters. The molecule has 2 aromatic carbocycles. The van der Waals surface area contributed by atoms with Gasteiger partial charge in [0.25, 0.3) is 5.91 Å². The van der Waals surface area contributed by atoms with Crippen LogP contribution in [0, 0.1) is 13.8 Å². The molecule has 0 heterocycles. The molecule has 1 atom stereocenters. The van der Waals surface area contributed by atoms with Gasteiger partial charge in [0.1, 0.15) is 0 Å². The number of benzene rings is 2. The van der Waals surface area contributed by atoms with E-state index in [0.29, 0.717) is 17.9 Å². The molecule has 2 rings (SSSR count). The van der Waals surface area contributed by atoms with Gasteiger partial charge >= 0.3 is 0 Å². The first kappa shape index (κ1) is 21.9. The predicted molar refractivity (Wildman–Crippen MR) is 112 cm³/mol. The van der Waals surface area contributed by atoms with E-state index in [1.807, 2.05) is 39.0 Å². The van der Waals surface area contributed by atoms with Gasteiger partial charge in [-0.3, -0.25) is 9.10 Å². The minimum atomic E-state index is -3.45. The molecule has 1 amide bonds. The van der Waals surface area contributed by atoms with Crippen LogP contribution in [-0.2, 0) is 21.3 Å². The van der Waals surface area contributed by atoms with E-state index in [1.165, 1.54) is 10.6 Å². The molecule has 0 fully saturated rings. The first-order valence-corrected chi connectivity index (χ1v) is 10.9. The summed E-state index contributed by atoms with van der Waals surface area (Å²) in [6, 6.07) is 12.4. The monoisotopic (exact) mass is 404 g/mol. The quantitative estimate of drug-likeness (QED) is 0.734. The number of carbonyl (C=O) groups excluding carboxylic acids is 1. The number of hydrogen-bond acceptors (Lipinski definition) is 4. The van der Waals surface area contributed by atoms with Crippen molar-refractivity contribution in [3.05, 3.63) is 64.7 Å². The molecule has 152 valence electrons. The lowest BCUT2D eigenvalue weighted by Crippen LogP contribution is -2.35. The molecule has 0 aromatic heterocycles. The third kappa shape index (κ3) is 5.81. The van der Waals surface area contributed by atoms with Crippen LogP contribution < -0.4 is 9.62 Å². The van der Waals surface area contributed by atoms with Crippen molar-refractivity contribution in [2.24, 2.45) is 0 Å². The maximum absolute atomic E-state index is 12.3. The Morgan fingerprint density at radius 2 is 1.75 bits per heavy atom. The maximum Gasteiger partial charge on any atom is 0.251 e. The van der Waals surface area contributed by atoms with Crippen LogP contribution in [-0.4, -0.2) is 40.3 Å². The molecule has 0 aliphatic rings. The van der Waals surface area contributed by atoms with Crippen LogP contribution >= 0.6 is 0 Å². The third-order valence-corrected chi connectivity index (χ3v) is 5.66. The van der Waals surface area contributed by atoms with Gasteiger partial charge in [0, 0.05) is 18.7 Å². The van der Waals surface area contributed by atoms with E-state index in [9.17, 15) is 13.2 Å². The van der Waals surface area contributed by atoms with Crippen LogP contribution in [0.5, 0.6) is 0 Å². The van der Waals surface area contributed by atoms with Gasteiger partial charge in [-0.05, 0) is 61.7 Å². The minimum Gasteiger partial charge on any atom is -0.383 e. The molecule has 0 spiro atoms. The Morgan fingerprint density at radius 1 is 1.11 bits per heavy atom. The normalized spacial score (nSPS) is 12.5. The van der Waals surface area contributed by atoms with Crippen LogP contribution in [0.15, 0.2) is 42.5 Å². The van der Waals surface area contributed by atoms with Crippen molar-refractivity contribution in [3.8, 4) is 0 Å². The second-order valence-corrected chi connectivity index (χ2v) is 8.97. The van der Waals surface area contributed by atoms with Gasteiger partial charge in [-0.25, -0.2) is 8.42 Å². The fraction of sp³-hybridized carbons (Fsp3) is 0.381. The summed E-state index contributed by atoms with van der Waals surface area (Å²) in [6.07, 6.45) is 1.20. The van der Waals surface area contributed by atoms with E-state index in [4.69, 9.17) is 4.74 Å². The largest absolute Gasteiger partial charge is 0.383 e. The Morgan fingerprint density at radius 3 is 2.29 bits per heavy atom. The number of rotatable bonds is 8. The zero-order chi connectivity index (χ0) is 20.9. The molecular formula is C21H28N2O4S. The molecule has 2 aromatic rings. The molecule has 0 bridgehead atoms. The molecule has 0 saturated carbocycles. The molecule has 6 nitrogen and oxygen atoms in total. The molecule has 0 aliphatic heterocycles. The second kappa shape index (κ2) is 9.21. The lowest BCUT2D eigenvalue weighted by Gasteiger charge is -2.23. The Bertz CT molecular complexity index is 924. The summed E-state index contributed by atoms with van der Waals surface area (Å²) in [5.74, 6) is -0.190. The van der Waals surface area contributed by atoms with Crippen LogP contribution in [0.2, 0.25) is 0 Å². The standard InChI is InChI=1S/C21H28N2O4S/c1-15-6-11-20(12-16(15)2)23(28(5,25)26)13-18-7-9-19(10-8-18)21(24)22-17(3)14-27-4/h6-12,17H,13-14H2,1-5H3,(H,22,24)/t17-/m1/s1. The van der Waals surface area contributed by atoms with Crippen molar-refractivity contribution >= 4 is 21.6 Å². The average molecular weight is 405 g/mol. The fourth-order valence-corrected chi connectivity index (χ4v) is 3.69. The Balaban J connectivity index is 2.19. The van der Waals surface area contributed by atoms with E-state index in [1.54, 1.807) is 31.4 Å². The van der Waals surface area contributed by atoms with Crippen LogP contribution in [0.1, 0.15) is 34.0 Å². The van der Waals surface area contributed by atoms with Crippen molar-refractivity contribution in [2.75, 3.05) is 24.3 Å². The van der Waals surface area contributed by atoms with Gasteiger partial charge in [-0.1, -0.05) is 18.2 Å². The van der Waals surface area contributed by atoms with E-state index >= 15 is 0 Å². The average Bonchev–Trinajstić information content (AvgIpc) is 2.62. The zero-order valence-corrected chi connectivity index (χ0v) is 17.8. The maximum atomic E-state index is 12.3. The Kier molecular flexibility index (Phi) is 7.21. The summed E-state index contributed by atoms with van der Waals surface area (Å²) in [7, 11) is -1.87. The van der Waals surface area contributed by atoms with Gasteiger partial charge in [-0.2, -0.15) is 0 Å². The summed E-state index contributed by atoms with van der Waals surface area (Å²) >= 11 is 0. The molecule has 1 N–H and O–H groups in total. The summed E-state index contributed by atoms with van der Waals surface area (Å²) in [5.41, 5.74) is 4.08. The number of nitrogens with zero attached hydrogens (tertiary/aromatic N) is 1. The molecular weight excluding hydrogens is 376 g/mol. The number of amides is 1. The minimum absolute atomic E-state index is 0.0947. The summed E-state index contributed by atoms with van der Waals surface area (Å²) in [4.78, 5) is 12.2. The number of hydrogen-bond donors (Lipinski definition) is 1. The SMILES string of the molecule is COC[C@@H](C)NC(=O)c1ccc(CN(c2ccc(C)c(C)c2)S(C)(=O)=O)cc1. The van der Waals surface area contributed by atoms with E-state index in [0.717, 1.165) is 16.7 Å². The van der Waals surface area contributed by atoms with Gasteiger partial charge < -0.3 is 10.1 Å². The van der Waals surface area contributed by atoms with Crippen molar-refractivity contribution in [2.45, 2.75) is 33.4 Å². The fourth-order valence-electron chi connectivity index (χ4n) is 2.81. The smallest absolute Gasteiger partial charge is 0.251 e. The second-order valence-electron chi connectivity index (χ2n) is 7.06. The molecule has 0 radical (unpaired) electrons. The van der Waals surface area contributed by atoms with Crippen molar-refractivity contribution in [1.29, 1.82) is 0 Å². The number of carbonyl (C=O) groups is 1. The van der Waals surface area contributed by atoms with Crippen molar-refractivity contribution in [1.82, 2.24) is 5.32 Å². The lowest BCUT2D eigenvalue weighted by atomic mass is 10.1. The molecule has 28 heavy (non-hydrogen) atoms. The Hall–Kier alpha value is -2.38. The first-order valence-electron chi connectivity index (χ1n) is 9.05. The number of methoxy groups -OCH3 is 1. The summed E-state index contributed by atoms with van der Waals surface area (Å²) in [5, 5.41) is 2.85. The number of anilines is 1. The van der Waals surface area contributed by atoms with Crippen molar-refractivity contribution in [3.63, 3.8) is 0 Å². The molecule has 7 heteroatoms. The molecule has 0 saturated heterocycles. The summed E-state index contributed by atoms with van der Waals surface area (Å²) < 4.78 is 31.1. The van der Waals surface area contributed by atoms with Crippen LogP contribution in [0.25, 0.3) is 0 Å². The molecule has 0 aliphatic carbocycles. The highest BCUT2D eigenvalue weighted by Gasteiger charge is 2.19. The Labute approximate surface area is 167 Å². The van der Waals surface area contributed by atoms with E-state index < -0.39 is 10.0 Å². The highest BCUT2D eigenvalue weighted by Crippen LogP contribution is 2.23. The van der Waals surface area contributed by atoms with Crippen LogP contribution in [0.4, 0.5) is 5.69 Å². The highest BCUT2D eigenvalue weighted by molar-refractivity contribution is 7.92. The zero-order valence-electron chi connectivity index (χ0n) is 17.0. The summed E-state index contributed by atoms with van der Waals surface area (Å²) in [6.45, 7) is 6.44. The van der Waals surface area contributed by atoms with E-state index in [2.05, 4.69) is 5.32 Å². The van der Waals surface area contributed by atoms with Crippen LogP contribution in [0.3, 0.4) is 0 Å². The number of aryl methyl sites for hydroxylation is 2. The first-order chi connectivity index (χ1) is 13.1. The van der Waals surface area contributed by atoms with Crippen molar-refractivity contribution < 1.29 is 17.9 Å². The lowest BCUT2D eigenvalue weighted by molar-refractivity contribution is 0.0905. The van der Waals surface area contributed by atoms with Gasteiger partial charge in [-0.15, -0.1) is 0 Å².